The molecule has 0 atom stereocenters. The molecule has 0 saturated heterocycles. The number of hydrogen-bond donors (Lipinski definition) is 2. The monoisotopic (exact) mass is 472 g/mol. The zero-order chi connectivity index (χ0) is 25.4. The summed E-state index contributed by atoms with van der Waals surface area (Å²) in [5.41, 5.74) is 7.09. The summed E-state index contributed by atoms with van der Waals surface area (Å²) in [6.07, 6.45) is 1.68. The molecule has 3 aromatic rings. The van der Waals surface area contributed by atoms with E-state index in [2.05, 4.69) is 17.6 Å². The molecule has 0 radical (unpaired) electrons. The van der Waals surface area contributed by atoms with Gasteiger partial charge in [0.1, 0.15) is 5.82 Å². The van der Waals surface area contributed by atoms with Crippen LogP contribution in [0.2, 0.25) is 0 Å². The first-order chi connectivity index (χ1) is 16.9. The number of likely N-dealkylation sites (N-methyl/N-ethyl adjacent to an activating group) is 1. The zero-order valence-corrected chi connectivity index (χ0v) is 19.6. The van der Waals surface area contributed by atoms with Crippen LogP contribution in [0.25, 0.3) is 0 Å². The van der Waals surface area contributed by atoms with Gasteiger partial charge in [-0.25, -0.2) is 4.79 Å². The lowest BCUT2D eigenvalue weighted by Gasteiger charge is -2.27. The predicted octanol–water partition coefficient (Wildman–Crippen LogP) is 2.08. The molecule has 1 amide bonds. The van der Waals surface area contributed by atoms with Gasteiger partial charge in [0.2, 0.25) is 5.91 Å². The molecule has 0 spiro atoms. The molecule has 0 fully saturated rings. The van der Waals surface area contributed by atoms with E-state index in [1.165, 1.54) is 9.47 Å². The first-order valence-corrected chi connectivity index (χ1v) is 11.2. The largest absolute Gasteiger partial charge is 0.383 e. The average Bonchev–Trinajstić information content (AvgIpc) is 2.85. The Balaban J connectivity index is 1.89. The minimum absolute atomic E-state index is 0.0205. The van der Waals surface area contributed by atoms with Gasteiger partial charge in [0.05, 0.1) is 24.7 Å². The normalized spacial score (nSPS) is 10.7. The number of rotatable bonds is 10. The summed E-state index contributed by atoms with van der Waals surface area (Å²) in [5, 5.41) is 9.15. The van der Waals surface area contributed by atoms with Crippen molar-refractivity contribution in [3.63, 3.8) is 0 Å². The van der Waals surface area contributed by atoms with Gasteiger partial charge in [-0.1, -0.05) is 48.5 Å². The van der Waals surface area contributed by atoms with Crippen LogP contribution in [0.5, 0.6) is 0 Å². The second-order valence-electron chi connectivity index (χ2n) is 7.97. The van der Waals surface area contributed by atoms with Crippen LogP contribution in [0, 0.1) is 11.3 Å². The zero-order valence-electron chi connectivity index (χ0n) is 19.6. The Hall–Kier alpha value is -4.42. The number of nitrogens with one attached hydrogen (secondary N) is 1. The van der Waals surface area contributed by atoms with E-state index in [1.807, 2.05) is 41.3 Å². The Morgan fingerprint density at radius 1 is 1.17 bits per heavy atom. The van der Waals surface area contributed by atoms with Crippen LogP contribution < -0.4 is 21.9 Å². The number of benzene rings is 2. The van der Waals surface area contributed by atoms with Crippen LogP contribution >= 0.6 is 0 Å². The molecule has 3 N–H and O–H groups in total. The van der Waals surface area contributed by atoms with Gasteiger partial charge >= 0.3 is 5.69 Å². The quantitative estimate of drug-likeness (QED) is 0.435. The van der Waals surface area contributed by atoms with E-state index < -0.39 is 11.2 Å². The van der Waals surface area contributed by atoms with Crippen LogP contribution in [-0.4, -0.2) is 40.0 Å². The molecule has 9 nitrogen and oxygen atoms in total. The molecule has 0 bridgehead atoms. The lowest BCUT2D eigenvalue weighted by atomic mass is 10.1. The number of aromatic nitrogens is 2. The van der Waals surface area contributed by atoms with Crippen molar-refractivity contribution in [3.05, 3.63) is 105 Å². The molecule has 1 heterocycles. The van der Waals surface area contributed by atoms with Crippen molar-refractivity contribution in [2.45, 2.75) is 20.0 Å². The number of carbonyl (C=O) groups excluding carboxylic acids is 1. The molecule has 0 saturated carbocycles. The van der Waals surface area contributed by atoms with Gasteiger partial charge in [-0.15, -0.1) is 6.58 Å². The Kier molecular flexibility index (Phi) is 8.38. The maximum absolute atomic E-state index is 13.3. The second kappa shape index (κ2) is 11.6. The molecule has 1 aromatic heterocycles. The lowest BCUT2D eigenvalue weighted by molar-refractivity contribution is -0.119. The van der Waals surface area contributed by atoms with Gasteiger partial charge in [-0.2, -0.15) is 5.26 Å². The molecule has 180 valence electrons. The van der Waals surface area contributed by atoms with Crippen molar-refractivity contribution in [1.29, 1.82) is 5.26 Å². The molecule has 0 aliphatic rings. The Morgan fingerprint density at radius 2 is 1.89 bits per heavy atom. The number of nitrogens with zero attached hydrogens (tertiary/aromatic N) is 4. The number of carbonyl (C=O) groups is 1. The van der Waals surface area contributed by atoms with Crippen molar-refractivity contribution in [2.75, 3.05) is 30.3 Å². The number of aromatic amines is 1. The highest BCUT2D eigenvalue weighted by Gasteiger charge is 2.24. The van der Waals surface area contributed by atoms with Gasteiger partial charge in [0.15, 0.2) is 5.69 Å². The molecule has 9 heteroatoms. The van der Waals surface area contributed by atoms with E-state index in [0.29, 0.717) is 18.7 Å². The van der Waals surface area contributed by atoms with E-state index in [9.17, 15) is 14.4 Å². The highest BCUT2D eigenvalue weighted by molar-refractivity contribution is 5.96. The minimum Gasteiger partial charge on any atom is -0.383 e. The van der Waals surface area contributed by atoms with Crippen LogP contribution in [0.15, 0.2) is 76.8 Å². The topological polar surface area (TPSA) is 128 Å². The van der Waals surface area contributed by atoms with Crippen LogP contribution in [0.4, 0.5) is 11.5 Å². The van der Waals surface area contributed by atoms with E-state index in [0.717, 1.165) is 11.1 Å². The maximum atomic E-state index is 13.3. The van der Waals surface area contributed by atoms with E-state index in [-0.39, 0.29) is 37.0 Å². The highest BCUT2D eigenvalue weighted by Crippen LogP contribution is 2.18. The summed E-state index contributed by atoms with van der Waals surface area (Å²) >= 11 is 0. The Labute approximate surface area is 203 Å². The average molecular weight is 473 g/mol. The summed E-state index contributed by atoms with van der Waals surface area (Å²) < 4.78 is 1.25. The minimum atomic E-state index is -0.719. The van der Waals surface area contributed by atoms with Crippen molar-refractivity contribution >= 4 is 17.4 Å². The molecular formula is C26H28N6O3. The summed E-state index contributed by atoms with van der Waals surface area (Å²) in [4.78, 5) is 44.0. The Bertz CT molecular complexity index is 1350. The first kappa shape index (κ1) is 25.2. The molecule has 3 rings (SSSR count). The summed E-state index contributed by atoms with van der Waals surface area (Å²) in [6, 6.07) is 18.5. The van der Waals surface area contributed by atoms with Gasteiger partial charge in [0, 0.05) is 19.6 Å². The number of nitriles is 1. The van der Waals surface area contributed by atoms with Gasteiger partial charge in [-0.3, -0.25) is 24.0 Å². The number of anilines is 2. The third-order valence-electron chi connectivity index (χ3n) is 5.49. The molecule has 35 heavy (non-hydrogen) atoms. The predicted molar refractivity (Wildman–Crippen MR) is 136 cm³/mol. The smallest absolute Gasteiger partial charge is 0.330 e. The fraction of sp³-hybridized carbons (Fsp3) is 0.231. The number of H-pyrrole nitrogens is 1. The Morgan fingerprint density at radius 3 is 2.54 bits per heavy atom. The number of hydrogen-bond acceptors (Lipinski definition) is 6. The van der Waals surface area contributed by atoms with E-state index in [1.54, 1.807) is 31.2 Å². The van der Waals surface area contributed by atoms with Gasteiger partial charge in [0.25, 0.3) is 5.56 Å². The number of nitrogens with two attached hydrogens (primary N) is 1. The number of nitrogen functional groups attached to an aromatic ring is 1. The van der Waals surface area contributed by atoms with Crippen molar-refractivity contribution < 1.29 is 4.79 Å². The maximum Gasteiger partial charge on any atom is 0.330 e. The fourth-order valence-electron chi connectivity index (χ4n) is 3.86. The molecule has 0 unspecified atom stereocenters. The molecule has 2 aromatic carbocycles. The standard InChI is InChI=1S/C26H28N6O3/c1-3-13-30(16-21-12-8-11-20(14-21)15-27)18-22(33)31(4-2)23-24(28)32(26(35)29-25(23)34)17-19-9-6-5-7-10-19/h3,5-12,14H,1,4,13,16-18,28H2,2H3,(H,29,34,35). The third kappa shape index (κ3) is 6.13. The lowest BCUT2D eigenvalue weighted by Crippen LogP contribution is -2.45. The van der Waals surface area contributed by atoms with Gasteiger partial charge < -0.3 is 10.6 Å². The van der Waals surface area contributed by atoms with E-state index in [4.69, 9.17) is 11.0 Å². The van der Waals surface area contributed by atoms with Crippen LogP contribution in [0.3, 0.4) is 0 Å². The highest BCUT2D eigenvalue weighted by atomic mass is 16.2. The fourth-order valence-corrected chi connectivity index (χ4v) is 3.86. The van der Waals surface area contributed by atoms with Crippen LogP contribution in [0.1, 0.15) is 23.6 Å². The van der Waals surface area contributed by atoms with Gasteiger partial charge in [-0.05, 0) is 30.2 Å². The van der Waals surface area contributed by atoms with Crippen molar-refractivity contribution in [3.8, 4) is 6.07 Å². The molecule has 0 aliphatic carbocycles. The van der Waals surface area contributed by atoms with E-state index >= 15 is 0 Å². The number of amides is 1. The third-order valence-corrected chi connectivity index (χ3v) is 5.49. The summed E-state index contributed by atoms with van der Waals surface area (Å²) in [7, 11) is 0. The molecular weight excluding hydrogens is 444 g/mol. The SMILES string of the molecule is C=CCN(CC(=O)N(CC)c1c(N)n(Cc2ccccc2)c(=O)[nH]c1=O)Cc1cccc(C#N)c1. The molecule has 0 aliphatic heterocycles. The summed E-state index contributed by atoms with van der Waals surface area (Å²) in [5.74, 6) is -0.428. The van der Waals surface area contributed by atoms with Crippen LogP contribution in [-0.2, 0) is 17.9 Å². The van der Waals surface area contributed by atoms with Crippen molar-refractivity contribution in [2.24, 2.45) is 0 Å². The summed E-state index contributed by atoms with van der Waals surface area (Å²) in [6.45, 7) is 6.63. The van der Waals surface area contributed by atoms with Crippen molar-refractivity contribution in [1.82, 2.24) is 14.5 Å². The second-order valence-corrected chi connectivity index (χ2v) is 7.97. The first-order valence-electron chi connectivity index (χ1n) is 11.2.